The molecule has 1 aromatic carbocycles. The Morgan fingerprint density at radius 1 is 1.32 bits per heavy atom. The number of likely N-dealkylation sites (tertiary alicyclic amines) is 1. The van der Waals surface area contributed by atoms with Crippen molar-refractivity contribution in [3.05, 3.63) is 35.9 Å². The van der Waals surface area contributed by atoms with Gasteiger partial charge in [0.05, 0.1) is 6.10 Å². The van der Waals surface area contributed by atoms with E-state index < -0.39 is 0 Å². The monoisotopic (exact) mass is 263 g/mol. The van der Waals surface area contributed by atoms with Gasteiger partial charge in [-0.25, -0.2) is 0 Å². The summed E-state index contributed by atoms with van der Waals surface area (Å²) in [5.41, 5.74) is 1.32. The van der Waals surface area contributed by atoms with Gasteiger partial charge in [0.25, 0.3) is 0 Å². The molecule has 1 aliphatic rings. The fraction of sp³-hybridized carbons (Fsp3) is 0.625. The van der Waals surface area contributed by atoms with Gasteiger partial charge < -0.3 is 10.2 Å². The van der Waals surface area contributed by atoms with Gasteiger partial charge in [-0.2, -0.15) is 0 Å². The minimum atomic E-state index is -0.277. The van der Waals surface area contributed by atoms with Crippen LogP contribution in [0.2, 0.25) is 0 Å². The molecule has 3 nitrogen and oxygen atoms in total. The van der Waals surface area contributed by atoms with Crippen molar-refractivity contribution >= 4 is 0 Å². The first-order chi connectivity index (χ1) is 9.19. The molecule has 1 heterocycles. The van der Waals surface area contributed by atoms with Crippen molar-refractivity contribution in [3.63, 3.8) is 0 Å². The molecule has 2 N–H and O–H groups in total. The van der Waals surface area contributed by atoms with Crippen LogP contribution in [0.25, 0.3) is 0 Å². The molecule has 1 saturated heterocycles. The highest BCUT2D eigenvalue weighted by Gasteiger charge is 2.28. The molecule has 3 unspecified atom stereocenters. The maximum absolute atomic E-state index is 9.66. The fourth-order valence-electron chi connectivity index (χ4n) is 3.01. The van der Waals surface area contributed by atoms with Crippen LogP contribution in [-0.2, 0) is 6.54 Å². The van der Waals surface area contributed by atoms with E-state index in [2.05, 4.69) is 29.2 Å². The summed E-state index contributed by atoms with van der Waals surface area (Å²) in [6.07, 6.45) is 2.57. The van der Waals surface area contributed by atoms with Gasteiger partial charge in [-0.3, -0.25) is 4.90 Å². The molecule has 106 valence electrons. The highest BCUT2D eigenvalue weighted by molar-refractivity contribution is 5.14. The van der Waals surface area contributed by atoms with Gasteiger partial charge >= 0.3 is 0 Å². The predicted octanol–water partition coefficient (Wildman–Crippen LogP) is 2.03. The zero-order chi connectivity index (χ0) is 13.7. The number of hydrogen-bond donors (Lipinski definition) is 2. The van der Waals surface area contributed by atoms with Crippen molar-refractivity contribution in [2.24, 2.45) is 5.92 Å². The Bertz CT molecular complexity index is 366. The molecular formula is C16H25NO2. The summed E-state index contributed by atoms with van der Waals surface area (Å²) < 4.78 is 0. The van der Waals surface area contributed by atoms with Crippen molar-refractivity contribution in [1.82, 2.24) is 4.90 Å². The van der Waals surface area contributed by atoms with Crippen LogP contribution in [0.3, 0.4) is 0 Å². The highest BCUT2D eigenvalue weighted by atomic mass is 16.3. The third kappa shape index (κ3) is 4.30. The van der Waals surface area contributed by atoms with Crippen molar-refractivity contribution in [2.45, 2.75) is 44.9 Å². The number of benzene rings is 1. The van der Waals surface area contributed by atoms with E-state index in [0.717, 1.165) is 32.4 Å². The Kier molecular flexibility index (Phi) is 5.37. The van der Waals surface area contributed by atoms with Gasteiger partial charge in [0.1, 0.15) is 0 Å². The zero-order valence-corrected chi connectivity index (χ0v) is 11.7. The van der Waals surface area contributed by atoms with Crippen molar-refractivity contribution in [2.75, 3.05) is 13.2 Å². The Balaban J connectivity index is 2.00. The fourth-order valence-corrected chi connectivity index (χ4v) is 3.01. The molecular weight excluding hydrogens is 238 g/mol. The van der Waals surface area contributed by atoms with Crippen LogP contribution < -0.4 is 0 Å². The molecule has 0 aromatic heterocycles. The van der Waals surface area contributed by atoms with E-state index in [0.29, 0.717) is 12.0 Å². The first-order valence-corrected chi connectivity index (χ1v) is 7.26. The smallest absolute Gasteiger partial charge is 0.0527 e. The van der Waals surface area contributed by atoms with Crippen LogP contribution in [0.1, 0.15) is 31.7 Å². The lowest BCUT2D eigenvalue weighted by Gasteiger charge is -2.39. The minimum absolute atomic E-state index is 0.273. The molecule has 0 bridgehead atoms. The molecule has 0 saturated carbocycles. The van der Waals surface area contributed by atoms with E-state index in [9.17, 15) is 10.2 Å². The molecule has 19 heavy (non-hydrogen) atoms. The van der Waals surface area contributed by atoms with E-state index in [1.54, 1.807) is 0 Å². The summed E-state index contributed by atoms with van der Waals surface area (Å²) in [5.74, 6) is 0.399. The van der Waals surface area contributed by atoms with Gasteiger partial charge in [-0.1, -0.05) is 30.3 Å². The van der Waals surface area contributed by atoms with Crippen molar-refractivity contribution in [1.29, 1.82) is 0 Å². The summed E-state index contributed by atoms with van der Waals surface area (Å²) in [7, 11) is 0. The lowest BCUT2D eigenvalue weighted by Crippen LogP contribution is -2.44. The lowest BCUT2D eigenvalue weighted by atomic mass is 9.88. The second-order valence-electron chi connectivity index (χ2n) is 5.77. The molecule has 0 aliphatic carbocycles. The topological polar surface area (TPSA) is 43.7 Å². The summed E-state index contributed by atoms with van der Waals surface area (Å²) in [4.78, 5) is 2.45. The molecule has 3 atom stereocenters. The van der Waals surface area contributed by atoms with E-state index >= 15 is 0 Å². The molecule has 2 rings (SSSR count). The summed E-state index contributed by atoms with van der Waals surface area (Å²) >= 11 is 0. The second-order valence-corrected chi connectivity index (χ2v) is 5.77. The Morgan fingerprint density at radius 3 is 2.68 bits per heavy atom. The van der Waals surface area contributed by atoms with Crippen molar-refractivity contribution < 1.29 is 10.2 Å². The first-order valence-electron chi connectivity index (χ1n) is 7.26. The number of nitrogens with zero attached hydrogens (tertiary/aromatic N) is 1. The SMILES string of the molecule is CC(O)CC1CC(CO)CCN1Cc1ccccc1. The molecule has 1 fully saturated rings. The molecule has 1 aromatic rings. The lowest BCUT2D eigenvalue weighted by molar-refractivity contribution is 0.0438. The zero-order valence-electron chi connectivity index (χ0n) is 11.7. The minimum Gasteiger partial charge on any atom is -0.396 e. The number of piperidine rings is 1. The molecule has 1 aliphatic heterocycles. The average Bonchev–Trinajstić information content (AvgIpc) is 2.41. The quantitative estimate of drug-likeness (QED) is 0.854. The van der Waals surface area contributed by atoms with Gasteiger partial charge in [0.2, 0.25) is 0 Å². The maximum Gasteiger partial charge on any atom is 0.0527 e. The van der Waals surface area contributed by atoms with Crippen LogP contribution in [0.15, 0.2) is 30.3 Å². The summed E-state index contributed by atoms with van der Waals surface area (Å²) in [6.45, 7) is 4.08. The predicted molar refractivity (Wildman–Crippen MR) is 76.7 cm³/mol. The van der Waals surface area contributed by atoms with Crippen LogP contribution in [0, 0.1) is 5.92 Å². The van der Waals surface area contributed by atoms with E-state index in [1.165, 1.54) is 5.56 Å². The largest absolute Gasteiger partial charge is 0.396 e. The third-order valence-corrected chi connectivity index (χ3v) is 4.05. The van der Waals surface area contributed by atoms with E-state index in [1.807, 2.05) is 13.0 Å². The van der Waals surface area contributed by atoms with E-state index in [4.69, 9.17) is 0 Å². The highest BCUT2D eigenvalue weighted by Crippen LogP contribution is 2.27. The Labute approximate surface area is 115 Å². The molecule has 3 heteroatoms. The van der Waals surface area contributed by atoms with Crippen LogP contribution in [0.4, 0.5) is 0 Å². The molecule has 0 spiro atoms. The third-order valence-electron chi connectivity index (χ3n) is 4.05. The van der Waals surface area contributed by atoms with Gasteiger partial charge in [0.15, 0.2) is 0 Å². The molecule has 0 radical (unpaired) electrons. The number of aliphatic hydroxyl groups is 2. The van der Waals surface area contributed by atoms with E-state index in [-0.39, 0.29) is 12.7 Å². The number of rotatable bonds is 5. The summed E-state index contributed by atoms with van der Waals surface area (Å²) in [5, 5.41) is 19.0. The van der Waals surface area contributed by atoms with Gasteiger partial charge in [-0.15, -0.1) is 0 Å². The van der Waals surface area contributed by atoms with Gasteiger partial charge in [0, 0.05) is 19.2 Å². The number of aliphatic hydroxyl groups excluding tert-OH is 2. The van der Waals surface area contributed by atoms with Crippen LogP contribution >= 0.6 is 0 Å². The standard InChI is InChI=1S/C16H25NO2/c1-13(19)9-16-10-15(12-18)7-8-17(16)11-14-5-3-2-4-6-14/h2-6,13,15-16,18-19H,7-12H2,1H3. The Hall–Kier alpha value is -0.900. The van der Waals surface area contributed by atoms with Crippen LogP contribution in [-0.4, -0.2) is 40.4 Å². The molecule has 0 amide bonds. The van der Waals surface area contributed by atoms with Crippen LogP contribution in [0.5, 0.6) is 0 Å². The second kappa shape index (κ2) is 7.04. The normalized spacial score (nSPS) is 26.3. The summed E-state index contributed by atoms with van der Waals surface area (Å²) in [6, 6.07) is 10.9. The average molecular weight is 263 g/mol. The maximum atomic E-state index is 9.66. The van der Waals surface area contributed by atoms with Gasteiger partial charge in [-0.05, 0) is 44.2 Å². The Morgan fingerprint density at radius 2 is 2.05 bits per heavy atom. The first kappa shape index (κ1) is 14.5. The number of hydrogen-bond acceptors (Lipinski definition) is 3. The van der Waals surface area contributed by atoms with Crippen molar-refractivity contribution in [3.8, 4) is 0 Å².